The lowest BCUT2D eigenvalue weighted by atomic mass is 10.1. The molecule has 122 valence electrons. The van der Waals surface area contributed by atoms with Crippen molar-refractivity contribution < 1.29 is 9.18 Å². The van der Waals surface area contributed by atoms with Crippen molar-refractivity contribution in [3.05, 3.63) is 66.0 Å². The van der Waals surface area contributed by atoms with Gasteiger partial charge in [0, 0.05) is 5.39 Å². The van der Waals surface area contributed by atoms with Crippen molar-refractivity contribution in [2.24, 2.45) is 0 Å². The molecule has 1 N–H and O–H groups in total. The highest BCUT2D eigenvalue weighted by Gasteiger charge is 2.17. The van der Waals surface area contributed by atoms with E-state index in [9.17, 15) is 9.18 Å². The number of para-hydroxylation sites is 2. The molecule has 2 aromatic carbocycles. The van der Waals surface area contributed by atoms with E-state index < -0.39 is 11.1 Å². The van der Waals surface area contributed by atoms with Crippen LogP contribution in [-0.4, -0.2) is 16.1 Å². The van der Waals surface area contributed by atoms with Gasteiger partial charge in [-0.05, 0) is 43.7 Å². The van der Waals surface area contributed by atoms with Crippen molar-refractivity contribution in [3.63, 3.8) is 0 Å². The van der Waals surface area contributed by atoms with E-state index >= 15 is 0 Å². The quantitative estimate of drug-likeness (QED) is 0.694. The lowest BCUT2D eigenvalue weighted by Gasteiger charge is -2.13. The summed E-state index contributed by atoms with van der Waals surface area (Å²) in [6.07, 6.45) is 0. The van der Waals surface area contributed by atoms with Gasteiger partial charge in [-0.1, -0.05) is 42.1 Å². The van der Waals surface area contributed by atoms with Crippen LogP contribution in [0.25, 0.3) is 10.9 Å². The van der Waals surface area contributed by atoms with Gasteiger partial charge in [0.05, 0.1) is 21.5 Å². The Morgan fingerprint density at radius 3 is 2.67 bits per heavy atom. The molecule has 3 nitrogen and oxygen atoms in total. The van der Waals surface area contributed by atoms with Crippen LogP contribution >= 0.6 is 11.8 Å². The molecule has 0 saturated carbocycles. The first-order valence-electron chi connectivity index (χ1n) is 7.63. The number of carbonyl (C=O) groups excluding carboxylic acids is 1. The van der Waals surface area contributed by atoms with Gasteiger partial charge in [0.25, 0.3) is 0 Å². The summed E-state index contributed by atoms with van der Waals surface area (Å²) in [6.45, 7) is 3.81. The number of thioether (sulfide) groups is 1. The number of anilines is 1. The normalized spacial score (nSPS) is 12.1. The molecule has 0 radical (unpaired) electrons. The van der Waals surface area contributed by atoms with E-state index in [4.69, 9.17) is 0 Å². The fraction of sp³-hybridized carbons (Fsp3) is 0.158. The zero-order valence-corrected chi connectivity index (χ0v) is 14.2. The van der Waals surface area contributed by atoms with Gasteiger partial charge in [-0.25, -0.2) is 9.37 Å². The molecule has 3 aromatic rings. The highest BCUT2D eigenvalue weighted by Crippen LogP contribution is 2.27. The largest absolute Gasteiger partial charge is 0.323 e. The number of nitrogens with zero attached hydrogens (tertiary/aromatic N) is 1. The molecule has 1 unspecified atom stereocenters. The first-order valence-corrected chi connectivity index (χ1v) is 8.51. The smallest absolute Gasteiger partial charge is 0.237 e. The maximum atomic E-state index is 13.6. The van der Waals surface area contributed by atoms with Crippen molar-refractivity contribution >= 4 is 34.3 Å². The zero-order valence-electron chi connectivity index (χ0n) is 13.4. The Labute approximate surface area is 144 Å². The number of nitrogens with one attached hydrogen (secondary N) is 1. The van der Waals surface area contributed by atoms with Crippen LogP contribution in [0.5, 0.6) is 0 Å². The number of benzene rings is 2. The number of rotatable bonds is 4. The highest BCUT2D eigenvalue weighted by molar-refractivity contribution is 8.00. The van der Waals surface area contributed by atoms with Crippen molar-refractivity contribution in [3.8, 4) is 0 Å². The molecule has 1 aromatic heterocycles. The van der Waals surface area contributed by atoms with Gasteiger partial charge < -0.3 is 5.32 Å². The summed E-state index contributed by atoms with van der Waals surface area (Å²) >= 11 is 1.36. The third-order valence-corrected chi connectivity index (χ3v) is 4.72. The minimum absolute atomic E-state index is 0.192. The summed E-state index contributed by atoms with van der Waals surface area (Å²) in [4.78, 5) is 16.9. The van der Waals surface area contributed by atoms with E-state index in [0.29, 0.717) is 0 Å². The number of halogens is 1. The number of amides is 1. The van der Waals surface area contributed by atoms with Crippen LogP contribution in [0.4, 0.5) is 10.1 Å². The van der Waals surface area contributed by atoms with Crippen LogP contribution in [0.2, 0.25) is 0 Å². The summed E-state index contributed by atoms with van der Waals surface area (Å²) in [5.41, 5.74) is 2.21. The number of carbonyl (C=O) groups is 1. The van der Waals surface area contributed by atoms with Gasteiger partial charge in [0.2, 0.25) is 5.91 Å². The fourth-order valence-corrected chi connectivity index (χ4v) is 3.33. The van der Waals surface area contributed by atoms with Crippen LogP contribution in [0.15, 0.2) is 59.6 Å². The number of hydrogen-bond donors (Lipinski definition) is 1. The Hall–Kier alpha value is -2.40. The second-order valence-corrected chi connectivity index (χ2v) is 6.88. The fourth-order valence-electron chi connectivity index (χ4n) is 2.41. The molecule has 0 aliphatic rings. The van der Waals surface area contributed by atoms with Crippen LogP contribution < -0.4 is 5.32 Å². The van der Waals surface area contributed by atoms with Gasteiger partial charge in [0.1, 0.15) is 5.82 Å². The standard InChI is InChI=1S/C19H17FN2OS/c1-12-11-18(21-16-9-5-3-7-14(12)16)24-13(2)19(23)22-17-10-6-4-8-15(17)20/h3-11,13H,1-2H3,(H,22,23). The summed E-state index contributed by atoms with van der Waals surface area (Å²) < 4.78 is 13.6. The summed E-state index contributed by atoms with van der Waals surface area (Å²) in [6, 6.07) is 16.0. The third-order valence-electron chi connectivity index (χ3n) is 3.70. The van der Waals surface area contributed by atoms with Crippen LogP contribution in [0.1, 0.15) is 12.5 Å². The van der Waals surface area contributed by atoms with Crippen LogP contribution in [-0.2, 0) is 4.79 Å². The molecule has 5 heteroatoms. The summed E-state index contributed by atoms with van der Waals surface area (Å²) in [5, 5.41) is 4.11. The topological polar surface area (TPSA) is 42.0 Å². The molecule has 0 spiro atoms. The van der Waals surface area contributed by atoms with E-state index in [1.54, 1.807) is 25.1 Å². The zero-order chi connectivity index (χ0) is 17.1. The Morgan fingerprint density at radius 1 is 1.17 bits per heavy atom. The Morgan fingerprint density at radius 2 is 1.88 bits per heavy atom. The second-order valence-electron chi connectivity index (χ2n) is 5.52. The summed E-state index contributed by atoms with van der Waals surface area (Å²) in [5.74, 6) is -0.694. The van der Waals surface area contributed by atoms with Gasteiger partial charge in [-0.15, -0.1) is 0 Å². The lowest BCUT2D eigenvalue weighted by molar-refractivity contribution is -0.115. The molecule has 1 heterocycles. The van der Waals surface area contributed by atoms with Gasteiger partial charge in [0.15, 0.2) is 0 Å². The number of hydrogen-bond acceptors (Lipinski definition) is 3. The minimum atomic E-state index is -0.442. The number of aromatic nitrogens is 1. The molecule has 24 heavy (non-hydrogen) atoms. The molecule has 1 amide bonds. The molecule has 0 saturated heterocycles. The molecular weight excluding hydrogens is 323 g/mol. The van der Waals surface area contributed by atoms with E-state index in [1.165, 1.54) is 17.8 Å². The molecule has 0 aliphatic carbocycles. The lowest BCUT2D eigenvalue weighted by Crippen LogP contribution is -2.23. The van der Waals surface area contributed by atoms with Crippen molar-refractivity contribution in [2.45, 2.75) is 24.1 Å². The Kier molecular flexibility index (Phi) is 4.81. The minimum Gasteiger partial charge on any atom is -0.323 e. The van der Waals surface area contributed by atoms with Gasteiger partial charge in [-0.3, -0.25) is 4.79 Å². The van der Waals surface area contributed by atoms with Crippen molar-refractivity contribution in [2.75, 3.05) is 5.32 Å². The van der Waals surface area contributed by atoms with E-state index in [-0.39, 0.29) is 11.6 Å². The van der Waals surface area contributed by atoms with Crippen LogP contribution in [0.3, 0.4) is 0 Å². The number of pyridine rings is 1. The Balaban J connectivity index is 1.76. The molecule has 3 rings (SSSR count). The maximum absolute atomic E-state index is 13.6. The predicted molar refractivity (Wildman–Crippen MR) is 96.8 cm³/mol. The third kappa shape index (κ3) is 3.57. The monoisotopic (exact) mass is 340 g/mol. The number of aryl methyl sites for hydroxylation is 1. The van der Waals surface area contributed by atoms with Gasteiger partial charge >= 0.3 is 0 Å². The molecule has 1 atom stereocenters. The Bertz CT molecular complexity index is 897. The predicted octanol–water partition coefficient (Wildman–Crippen LogP) is 4.80. The first kappa shape index (κ1) is 16.5. The average Bonchev–Trinajstić information content (AvgIpc) is 2.57. The van der Waals surface area contributed by atoms with Gasteiger partial charge in [-0.2, -0.15) is 0 Å². The van der Waals surface area contributed by atoms with E-state index in [0.717, 1.165) is 21.5 Å². The van der Waals surface area contributed by atoms with Crippen molar-refractivity contribution in [1.82, 2.24) is 4.98 Å². The maximum Gasteiger partial charge on any atom is 0.237 e. The van der Waals surface area contributed by atoms with E-state index in [1.807, 2.05) is 37.3 Å². The second kappa shape index (κ2) is 7.01. The molecule has 0 bridgehead atoms. The average molecular weight is 340 g/mol. The van der Waals surface area contributed by atoms with E-state index in [2.05, 4.69) is 10.3 Å². The van der Waals surface area contributed by atoms with Crippen molar-refractivity contribution in [1.29, 1.82) is 0 Å². The summed E-state index contributed by atoms with van der Waals surface area (Å²) in [7, 11) is 0. The molecule has 0 aliphatic heterocycles. The molecule has 0 fully saturated rings. The molecular formula is C19H17FN2OS. The SMILES string of the molecule is Cc1cc(SC(C)C(=O)Nc2ccccc2F)nc2ccccc12. The number of fused-ring (bicyclic) bond motifs is 1. The first-order chi connectivity index (χ1) is 11.5. The highest BCUT2D eigenvalue weighted by atomic mass is 32.2. The van der Waals surface area contributed by atoms with Crippen LogP contribution in [0, 0.1) is 12.7 Å².